The van der Waals surface area contributed by atoms with Crippen molar-refractivity contribution in [1.29, 1.82) is 0 Å². The van der Waals surface area contributed by atoms with Crippen molar-refractivity contribution in [2.45, 2.75) is 6.92 Å². The van der Waals surface area contributed by atoms with Crippen LogP contribution in [0.5, 0.6) is 0 Å². The minimum absolute atomic E-state index is 1.13. The maximum absolute atomic E-state index is 3.67. The van der Waals surface area contributed by atoms with E-state index < -0.39 is 0 Å². The number of allylic oxidation sites excluding steroid dienone is 2. The van der Waals surface area contributed by atoms with Gasteiger partial charge in [0.25, 0.3) is 0 Å². The molecule has 0 amide bonds. The molecule has 0 spiro atoms. The van der Waals surface area contributed by atoms with Gasteiger partial charge in [-0.15, -0.1) is 0 Å². The second-order valence-corrected chi connectivity index (χ2v) is 2.13. The molecular formula is C5H7Sn. The van der Waals surface area contributed by atoms with E-state index in [0.29, 0.717) is 0 Å². The summed E-state index contributed by atoms with van der Waals surface area (Å²) in [6, 6.07) is 0. The van der Waals surface area contributed by atoms with Gasteiger partial charge in [-0.3, -0.25) is 0 Å². The molecule has 0 aliphatic heterocycles. The van der Waals surface area contributed by atoms with Crippen molar-refractivity contribution < 1.29 is 0 Å². The van der Waals surface area contributed by atoms with Crippen molar-refractivity contribution in [3.63, 3.8) is 0 Å². The molecule has 0 nitrogen and oxygen atoms in total. The Bertz CT molecular complexity index is 72.0. The molecule has 0 aromatic carbocycles. The van der Waals surface area contributed by atoms with E-state index in [0.717, 1.165) is 5.57 Å². The molecule has 0 aliphatic rings. The quantitative estimate of drug-likeness (QED) is 0.426. The van der Waals surface area contributed by atoms with Crippen LogP contribution >= 0.6 is 0 Å². The van der Waals surface area contributed by atoms with Crippen LogP contribution in [0.4, 0.5) is 0 Å². The van der Waals surface area contributed by atoms with E-state index in [4.69, 9.17) is 0 Å². The third-order valence-corrected chi connectivity index (χ3v) is 0.844. The van der Waals surface area contributed by atoms with Crippen molar-refractivity contribution >= 4 is 22.5 Å². The topological polar surface area (TPSA) is 0 Å². The van der Waals surface area contributed by atoms with Crippen molar-refractivity contribution in [2.24, 2.45) is 0 Å². The van der Waals surface area contributed by atoms with E-state index in [1.165, 1.54) is 22.5 Å². The van der Waals surface area contributed by atoms with E-state index in [1.54, 1.807) is 0 Å². The van der Waals surface area contributed by atoms with Crippen LogP contribution in [0.2, 0.25) is 0 Å². The predicted molar refractivity (Wildman–Crippen MR) is 29.7 cm³/mol. The Morgan fingerprint density at radius 1 is 1.83 bits per heavy atom. The molecule has 0 aromatic rings. The summed E-state index contributed by atoms with van der Waals surface area (Å²) in [5.74, 6) is 0. The second-order valence-electron chi connectivity index (χ2n) is 1.18. The Morgan fingerprint density at radius 2 is 2.33 bits per heavy atom. The van der Waals surface area contributed by atoms with Gasteiger partial charge in [0.2, 0.25) is 0 Å². The molecule has 31 valence electrons. The van der Waals surface area contributed by atoms with Gasteiger partial charge in [0.15, 0.2) is 0 Å². The zero-order valence-corrected chi connectivity index (χ0v) is 6.72. The van der Waals surface area contributed by atoms with Gasteiger partial charge < -0.3 is 0 Å². The zero-order valence-electron chi connectivity index (χ0n) is 3.86. The van der Waals surface area contributed by atoms with Gasteiger partial charge in [-0.25, -0.2) is 0 Å². The van der Waals surface area contributed by atoms with Gasteiger partial charge in [0.05, 0.1) is 0 Å². The molecule has 1 heteroatoms. The Labute approximate surface area is 52.0 Å². The molecule has 0 aliphatic carbocycles. The zero-order chi connectivity index (χ0) is 4.99. The Hall–Kier alpha value is 0.279. The Morgan fingerprint density at radius 3 is 2.33 bits per heavy atom. The van der Waals surface area contributed by atoms with Crippen LogP contribution in [0.3, 0.4) is 0 Å². The molecule has 6 heavy (non-hydrogen) atoms. The van der Waals surface area contributed by atoms with Gasteiger partial charge in [0.1, 0.15) is 0 Å². The van der Waals surface area contributed by atoms with E-state index in [9.17, 15) is 0 Å². The summed E-state index contributed by atoms with van der Waals surface area (Å²) in [5, 5.41) is 0. The van der Waals surface area contributed by atoms with Crippen LogP contribution in [0.15, 0.2) is 22.3 Å². The summed E-state index contributed by atoms with van der Waals surface area (Å²) in [7, 11) is 0. The first kappa shape index (κ1) is 6.28. The van der Waals surface area contributed by atoms with Crippen LogP contribution in [-0.4, -0.2) is 22.5 Å². The SMILES string of the molecule is C=C(C)C=[CH][Sn]. The maximum atomic E-state index is 3.67. The molecule has 0 heterocycles. The number of hydrogen-bond acceptors (Lipinski definition) is 0. The molecule has 0 atom stereocenters. The summed E-state index contributed by atoms with van der Waals surface area (Å²) in [4.78, 5) is 0. The molecule has 0 bridgehead atoms. The van der Waals surface area contributed by atoms with Gasteiger partial charge in [0, 0.05) is 0 Å². The summed E-state index contributed by atoms with van der Waals surface area (Å²) in [6.45, 7) is 5.66. The molecule has 0 fully saturated rings. The van der Waals surface area contributed by atoms with Gasteiger partial charge in [-0.1, -0.05) is 0 Å². The molecule has 3 radical (unpaired) electrons. The Balaban J connectivity index is 3.30. The van der Waals surface area contributed by atoms with Crippen LogP contribution in [0.1, 0.15) is 6.92 Å². The number of hydrogen-bond donors (Lipinski definition) is 0. The van der Waals surface area contributed by atoms with Crippen LogP contribution in [0, 0.1) is 0 Å². The molecule has 0 N–H and O–H groups in total. The van der Waals surface area contributed by atoms with E-state index in [-0.39, 0.29) is 0 Å². The van der Waals surface area contributed by atoms with Gasteiger partial charge in [-0.2, -0.15) is 0 Å². The first-order valence-electron chi connectivity index (χ1n) is 1.76. The summed E-state index contributed by atoms with van der Waals surface area (Å²) in [6.07, 6.45) is 2.01. The fourth-order valence-corrected chi connectivity index (χ4v) is 0.954. The second kappa shape index (κ2) is 3.47. The standard InChI is InChI=1S/C5H7.Sn/c1-4-5(2)3;/h1,4H,2H2,3H3;. The molecule has 0 unspecified atom stereocenters. The summed E-state index contributed by atoms with van der Waals surface area (Å²) >= 11 is 1.44. The molecule has 0 saturated carbocycles. The first-order valence-corrected chi connectivity index (χ1v) is 3.41. The predicted octanol–water partition coefficient (Wildman–Crippen LogP) is 1.24. The molecule has 0 saturated heterocycles. The monoisotopic (exact) mass is 187 g/mol. The fourth-order valence-electron chi connectivity index (χ4n) is 0.142. The normalized spacial score (nSPS) is 9.67. The Kier molecular flexibility index (Phi) is 3.63. The summed E-state index contributed by atoms with van der Waals surface area (Å²) < 4.78 is 2.06. The van der Waals surface area contributed by atoms with Crippen molar-refractivity contribution in [3.05, 3.63) is 22.3 Å². The van der Waals surface area contributed by atoms with Gasteiger partial charge in [-0.05, 0) is 0 Å². The average Bonchev–Trinajstić information content (AvgIpc) is 1.35. The molecule has 0 aromatic heterocycles. The van der Waals surface area contributed by atoms with Crippen molar-refractivity contribution in [2.75, 3.05) is 0 Å². The third-order valence-electron chi connectivity index (χ3n) is 0.368. The van der Waals surface area contributed by atoms with Crippen molar-refractivity contribution in [3.8, 4) is 0 Å². The number of rotatable bonds is 1. The third kappa shape index (κ3) is 4.28. The van der Waals surface area contributed by atoms with Gasteiger partial charge >= 0.3 is 51.8 Å². The average molecular weight is 186 g/mol. The molecule has 0 rings (SSSR count). The van der Waals surface area contributed by atoms with Crippen molar-refractivity contribution in [1.82, 2.24) is 0 Å². The van der Waals surface area contributed by atoms with E-state index in [2.05, 4.69) is 10.7 Å². The molecular weight excluding hydrogens is 179 g/mol. The fraction of sp³-hybridized carbons (Fsp3) is 0.200. The first-order chi connectivity index (χ1) is 2.77. The van der Waals surface area contributed by atoms with E-state index >= 15 is 0 Å². The van der Waals surface area contributed by atoms with Crippen LogP contribution in [-0.2, 0) is 0 Å². The minimum atomic E-state index is 1.13. The summed E-state index contributed by atoms with van der Waals surface area (Å²) in [5.41, 5.74) is 1.13. The van der Waals surface area contributed by atoms with Crippen LogP contribution in [0.25, 0.3) is 0 Å². The van der Waals surface area contributed by atoms with Crippen LogP contribution < -0.4 is 0 Å². The van der Waals surface area contributed by atoms with E-state index in [1.807, 2.05) is 13.0 Å².